The summed E-state index contributed by atoms with van der Waals surface area (Å²) in [6.07, 6.45) is 0.872. The summed E-state index contributed by atoms with van der Waals surface area (Å²) < 4.78 is 29.9. The maximum absolute atomic E-state index is 11.9. The number of carbonyl (C=O) groups is 1. The number of hydrogen-bond acceptors (Lipinski definition) is 4. The fraction of sp³-hybridized carbons (Fsp3) is 0.900. The van der Waals surface area contributed by atoms with E-state index in [9.17, 15) is 13.2 Å². The van der Waals surface area contributed by atoms with Gasteiger partial charge in [-0.2, -0.15) is 0 Å². The van der Waals surface area contributed by atoms with Crippen molar-refractivity contribution in [3.8, 4) is 0 Å². The highest BCUT2D eigenvalue weighted by Gasteiger charge is 2.26. The van der Waals surface area contributed by atoms with Gasteiger partial charge in [-0.05, 0) is 12.8 Å². The van der Waals surface area contributed by atoms with Gasteiger partial charge in [-0.25, -0.2) is 17.5 Å². The lowest BCUT2D eigenvalue weighted by Crippen LogP contribution is -2.38. The van der Waals surface area contributed by atoms with Crippen molar-refractivity contribution >= 4 is 16.1 Å². The largest absolute Gasteiger partial charge is 0.453 e. The molecule has 17 heavy (non-hydrogen) atoms. The average molecular weight is 264 g/mol. The monoisotopic (exact) mass is 264 g/mol. The maximum atomic E-state index is 11.9. The van der Waals surface area contributed by atoms with Crippen LogP contribution in [0.25, 0.3) is 0 Å². The minimum Gasteiger partial charge on any atom is -0.453 e. The Morgan fingerprint density at radius 3 is 2.53 bits per heavy atom. The number of hydrogen-bond donors (Lipinski definition) is 0. The molecule has 1 heterocycles. The van der Waals surface area contributed by atoms with Crippen LogP contribution < -0.4 is 0 Å². The molecule has 0 aromatic carbocycles. The molecule has 1 saturated heterocycles. The normalized spacial score (nSPS) is 18.8. The van der Waals surface area contributed by atoms with Gasteiger partial charge in [-0.3, -0.25) is 0 Å². The van der Waals surface area contributed by atoms with Crippen LogP contribution in [-0.4, -0.2) is 62.8 Å². The van der Waals surface area contributed by atoms with Gasteiger partial charge >= 0.3 is 6.09 Å². The quantitative estimate of drug-likeness (QED) is 0.744. The first-order valence-corrected chi connectivity index (χ1v) is 7.43. The molecule has 1 amide bonds. The fourth-order valence-electron chi connectivity index (χ4n) is 1.87. The summed E-state index contributed by atoms with van der Waals surface area (Å²) in [6, 6.07) is 0. The van der Waals surface area contributed by atoms with Crippen molar-refractivity contribution in [3.63, 3.8) is 0 Å². The molecule has 0 saturated carbocycles. The molecule has 0 aliphatic carbocycles. The van der Waals surface area contributed by atoms with E-state index < -0.39 is 10.0 Å². The van der Waals surface area contributed by atoms with Gasteiger partial charge in [0.1, 0.15) is 0 Å². The van der Waals surface area contributed by atoms with Crippen LogP contribution in [0.1, 0.15) is 19.8 Å². The van der Waals surface area contributed by atoms with Gasteiger partial charge in [0.15, 0.2) is 0 Å². The third kappa shape index (κ3) is 3.85. The summed E-state index contributed by atoms with van der Waals surface area (Å²) in [5, 5.41) is 0. The number of rotatable bonds is 3. The first-order valence-electron chi connectivity index (χ1n) is 5.82. The molecule has 7 heteroatoms. The Balaban J connectivity index is 2.62. The van der Waals surface area contributed by atoms with Crippen LogP contribution in [0.5, 0.6) is 0 Å². The van der Waals surface area contributed by atoms with E-state index in [1.807, 2.05) is 6.92 Å². The molecule has 100 valence electrons. The predicted molar refractivity (Wildman–Crippen MR) is 64.2 cm³/mol. The van der Waals surface area contributed by atoms with Crippen LogP contribution in [-0.2, 0) is 14.8 Å². The second-order valence-electron chi connectivity index (χ2n) is 4.03. The van der Waals surface area contributed by atoms with E-state index in [1.165, 1.54) is 11.4 Å². The van der Waals surface area contributed by atoms with Crippen molar-refractivity contribution in [2.75, 3.05) is 39.0 Å². The molecule has 0 atom stereocenters. The highest BCUT2D eigenvalue weighted by atomic mass is 32.2. The Hall–Kier alpha value is -0.820. The van der Waals surface area contributed by atoms with Crippen LogP contribution in [0.4, 0.5) is 4.79 Å². The molecule has 0 aromatic heterocycles. The summed E-state index contributed by atoms with van der Waals surface area (Å²) in [5.41, 5.74) is 0. The Morgan fingerprint density at radius 1 is 1.24 bits per heavy atom. The molecule has 0 bridgehead atoms. The first kappa shape index (κ1) is 14.2. The van der Waals surface area contributed by atoms with Gasteiger partial charge in [-0.15, -0.1) is 0 Å². The predicted octanol–water partition coefficient (Wildman–Crippen LogP) is 0.500. The zero-order valence-corrected chi connectivity index (χ0v) is 11.2. The van der Waals surface area contributed by atoms with E-state index >= 15 is 0 Å². The Morgan fingerprint density at radius 2 is 1.94 bits per heavy atom. The Labute approximate surface area is 103 Å². The minimum atomic E-state index is -3.16. The van der Waals surface area contributed by atoms with Crippen LogP contribution >= 0.6 is 0 Å². The van der Waals surface area contributed by atoms with Crippen LogP contribution in [0.3, 0.4) is 0 Å². The number of sulfonamides is 1. The SMILES string of the molecule is CCCS(=O)(=O)N1CCCN(C(=O)OC)CC1. The van der Waals surface area contributed by atoms with Gasteiger partial charge < -0.3 is 9.64 Å². The van der Waals surface area contributed by atoms with Crippen LogP contribution in [0.2, 0.25) is 0 Å². The van der Waals surface area contributed by atoms with E-state index in [4.69, 9.17) is 0 Å². The molecule has 6 nitrogen and oxygen atoms in total. The van der Waals surface area contributed by atoms with Crippen LogP contribution in [0, 0.1) is 0 Å². The lowest BCUT2D eigenvalue weighted by molar-refractivity contribution is 0.126. The molecule has 0 aromatic rings. The molecule has 1 aliphatic rings. The zero-order valence-electron chi connectivity index (χ0n) is 10.4. The lowest BCUT2D eigenvalue weighted by atomic mass is 10.4. The van der Waals surface area contributed by atoms with Gasteiger partial charge in [0.2, 0.25) is 10.0 Å². The van der Waals surface area contributed by atoms with E-state index in [2.05, 4.69) is 4.74 Å². The molecule has 0 N–H and O–H groups in total. The van der Waals surface area contributed by atoms with E-state index in [-0.39, 0.29) is 11.8 Å². The van der Waals surface area contributed by atoms with Gasteiger partial charge in [0.05, 0.1) is 12.9 Å². The number of nitrogens with zero attached hydrogens (tertiary/aromatic N) is 2. The summed E-state index contributed by atoms with van der Waals surface area (Å²) >= 11 is 0. The second-order valence-corrected chi connectivity index (χ2v) is 6.11. The van der Waals surface area contributed by atoms with Gasteiger partial charge in [0.25, 0.3) is 0 Å². The molecule has 0 spiro atoms. The van der Waals surface area contributed by atoms with Crippen molar-refractivity contribution in [1.29, 1.82) is 0 Å². The minimum absolute atomic E-state index is 0.172. The maximum Gasteiger partial charge on any atom is 0.409 e. The number of amides is 1. The fourth-order valence-corrected chi connectivity index (χ4v) is 3.41. The van der Waals surface area contributed by atoms with E-state index in [0.29, 0.717) is 39.0 Å². The molecular weight excluding hydrogens is 244 g/mol. The zero-order chi connectivity index (χ0) is 12.9. The van der Waals surface area contributed by atoms with Crippen molar-refractivity contribution in [3.05, 3.63) is 0 Å². The molecular formula is C10H20N2O4S. The standard InChI is InChI=1S/C10H20N2O4S/c1-3-9-17(14,15)12-6-4-5-11(7-8-12)10(13)16-2/h3-9H2,1-2H3. The Bertz CT molecular complexity index is 355. The lowest BCUT2D eigenvalue weighted by Gasteiger charge is -2.20. The summed E-state index contributed by atoms with van der Waals surface area (Å²) in [5.74, 6) is 0.172. The molecule has 1 fully saturated rings. The summed E-state index contributed by atoms with van der Waals surface area (Å²) in [4.78, 5) is 12.9. The smallest absolute Gasteiger partial charge is 0.409 e. The third-order valence-electron chi connectivity index (χ3n) is 2.74. The Kier molecular flexibility index (Phi) is 5.20. The van der Waals surface area contributed by atoms with Crippen molar-refractivity contribution in [2.45, 2.75) is 19.8 Å². The number of carbonyl (C=O) groups excluding carboxylic acids is 1. The number of methoxy groups -OCH3 is 1. The molecule has 0 unspecified atom stereocenters. The topological polar surface area (TPSA) is 66.9 Å². The highest BCUT2D eigenvalue weighted by Crippen LogP contribution is 2.10. The average Bonchev–Trinajstić information content (AvgIpc) is 2.53. The highest BCUT2D eigenvalue weighted by molar-refractivity contribution is 7.89. The first-order chi connectivity index (χ1) is 8.01. The van der Waals surface area contributed by atoms with Crippen molar-refractivity contribution in [1.82, 2.24) is 9.21 Å². The molecule has 1 rings (SSSR count). The van der Waals surface area contributed by atoms with Crippen LogP contribution in [0.15, 0.2) is 0 Å². The number of ether oxygens (including phenoxy) is 1. The molecule has 1 aliphatic heterocycles. The van der Waals surface area contributed by atoms with Gasteiger partial charge in [-0.1, -0.05) is 6.92 Å². The van der Waals surface area contributed by atoms with Crippen molar-refractivity contribution in [2.24, 2.45) is 0 Å². The van der Waals surface area contributed by atoms with Gasteiger partial charge in [0, 0.05) is 26.2 Å². The third-order valence-corrected chi connectivity index (χ3v) is 4.82. The summed E-state index contributed by atoms with van der Waals surface area (Å²) in [7, 11) is -1.83. The second kappa shape index (κ2) is 6.20. The van der Waals surface area contributed by atoms with E-state index in [1.54, 1.807) is 4.90 Å². The molecule has 0 radical (unpaired) electrons. The van der Waals surface area contributed by atoms with Crippen molar-refractivity contribution < 1.29 is 17.9 Å². The van der Waals surface area contributed by atoms with E-state index in [0.717, 1.165) is 0 Å². The summed E-state index contributed by atoms with van der Waals surface area (Å²) in [6.45, 7) is 3.63.